The highest BCUT2D eigenvalue weighted by Gasteiger charge is 2.38. The Hall–Kier alpha value is -3.55. The molecule has 0 aromatic heterocycles. The number of esters is 1. The summed E-state index contributed by atoms with van der Waals surface area (Å²) in [7, 11) is 6.42. The molecule has 1 saturated heterocycles. The molecule has 1 fully saturated rings. The van der Waals surface area contributed by atoms with Gasteiger partial charge < -0.3 is 23.7 Å². The van der Waals surface area contributed by atoms with Crippen molar-refractivity contribution >= 4 is 5.97 Å². The lowest BCUT2D eigenvalue weighted by Gasteiger charge is -2.37. The Labute approximate surface area is 225 Å². The number of rotatable bonds is 12. The summed E-state index contributed by atoms with van der Waals surface area (Å²) in [6, 6.07) is 24.1. The average Bonchev–Trinajstić information content (AvgIpc) is 3.42. The first kappa shape index (κ1) is 27.5. The van der Waals surface area contributed by atoms with Crippen LogP contribution in [0.2, 0.25) is 0 Å². The number of hydrogen-bond acceptors (Lipinski definition) is 7. The number of methoxy groups -OCH3 is 4. The van der Waals surface area contributed by atoms with Crippen LogP contribution in [0.4, 0.5) is 0 Å². The minimum absolute atomic E-state index is 0.170. The minimum Gasteiger partial charge on any atom is -0.497 e. The molecule has 7 nitrogen and oxygen atoms in total. The molecule has 202 valence electrons. The van der Waals surface area contributed by atoms with Crippen molar-refractivity contribution in [2.24, 2.45) is 0 Å². The second-order valence-corrected chi connectivity index (χ2v) is 9.33. The molecule has 1 heterocycles. The van der Waals surface area contributed by atoms with Gasteiger partial charge in [0.15, 0.2) is 0 Å². The van der Waals surface area contributed by atoms with Gasteiger partial charge >= 0.3 is 5.97 Å². The van der Waals surface area contributed by atoms with Crippen LogP contribution >= 0.6 is 0 Å². The fourth-order valence-corrected chi connectivity index (χ4v) is 5.24. The molecule has 0 bridgehead atoms. The third-order valence-corrected chi connectivity index (χ3v) is 7.32. The zero-order valence-corrected chi connectivity index (χ0v) is 22.6. The van der Waals surface area contributed by atoms with E-state index in [9.17, 15) is 4.79 Å². The number of hydrogen-bond donors (Lipinski definition) is 0. The van der Waals surface area contributed by atoms with Gasteiger partial charge in [0, 0.05) is 12.6 Å². The maximum Gasteiger partial charge on any atom is 0.307 e. The second-order valence-electron chi connectivity index (χ2n) is 9.33. The van der Waals surface area contributed by atoms with E-state index >= 15 is 0 Å². The van der Waals surface area contributed by atoms with Crippen molar-refractivity contribution in [3.05, 3.63) is 89.5 Å². The van der Waals surface area contributed by atoms with Crippen LogP contribution in [0, 0.1) is 0 Å². The van der Waals surface area contributed by atoms with E-state index in [2.05, 4.69) is 4.90 Å². The van der Waals surface area contributed by atoms with Crippen molar-refractivity contribution in [1.29, 1.82) is 0 Å². The quantitative estimate of drug-likeness (QED) is 0.245. The van der Waals surface area contributed by atoms with Gasteiger partial charge in [-0.3, -0.25) is 9.69 Å². The largest absolute Gasteiger partial charge is 0.497 e. The first-order valence-electron chi connectivity index (χ1n) is 12.9. The van der Waals surface area contributed by atoms with Gasteiger partial charge in [-0.15, -0.1) is 0 Å². The number of benzene rings is 3. The van der Waals surface area contributed by atoms with Crippen molar-refractivity contribution in [2.75, 3.05) is 48.1 Å². The lowest BCUT2D eigenvalue weighted by atomic mass is 9.80. The number of ether oxygens (including phenoxy) is 5. The van der Waals surface area contributed by atoms with Crippen molar-refractivity contribution in [2.45, 2.75) is 30.9 Å². The van der Waals surface area contributed by atoms with Gasteiger partial charge in [0.1, 0.15) is 22.8 Å². The van der Waals surface area contributed by atoms with Crippen LogP contribution in [0.15, 0.2) is 72.8 Å². The summed E-state index contributed by atoms with van der Waals surface area (Å²) in [4.78, 5) is 14.3. The molecule has 1 atom stereocenters. The van der Waals surface area contributed by atoms with E-state index in [-0.39, 0.29) is 12.0 Å². The zero-order valence-electron chi connectivity index (χ0n) is 22.6. The molecule has 7 heteroatoms. The van der Waals surface area contributed by atoms with Crippen molar-refractivity contribution in [3.8, 4) is 17.2 Å². The lowest BCUT2D eigenvalue weighted by molar-refractivity contribution is -0.141. The van der Waals surface area contributed by atoms with Gasteiger partial charge in [0.25, 0.3) is 0 Å². The molecule has 3 aromatic rings. The molecule has 0 radical (unpaired) electrons. The van der Waals surface area contributed by atoms with Crippen LogP contribution < -0.4 is 14.2 Å². The van der Waals surface area contributed by atoms with E-state index < -0.39 is 5.60 Å². The molecule has 1 aliphatic heterocycles. The number of likely N-dealkylation sites (tertiary alicyclic amines) is 1. The van der Waals surface area contributed by atoms with E-state index in [0.717, 1.165) is 53.3 Å². The van der Waals surface area contributed by atoms with Crippen LogP contribution in [-0.4, -0.2) is 65.0 Å². The van der Waals surface area contributed by atoms with Gasteiger partial charge in [-0.2, -0.15) is 0 Å². The van der Waals surface area contributed by atoms with Crippen LogP contribution in [0.25, 0.3) is 0 Å². The van der Waals surface area contributed by atoms with Crippen molar-refractivity contribution in [1.82, 2.24) is 4.90 Å². The monoisotopic (exact) mass is 519 g/mol. The SMILES string of the molecule is COC(=O)C[C@H]1CCCN1CCOC(c1ccc(OC)cc1)(c1ccc(OC)cc1)c1ccc(OC)cc1. The summed E-state index contributed by atoms with van der Waals surface area (Å²) in [6.07, 6.45) is 2.44. The maximum atomic E-state index is 11.9. The molecule has 0 amide bonds. The Kier molecular flexibility index (Phi) is 9.26. The van der Waals surface area contributed by atoms with Gasteiger partial charge in [-0.05, 0) is 72.5 Å². The minimum atomic E-state index is -0.900. The summed E-state index contributed by atoms with van der Waals surface area (Å²) in [6.45, 7) is 2.10. The molecular formula is C31H37NO6. The van der Waals surface area contributed by atoms with E-state index in [0.29, 0.717) is 19.6 Å². The Balaban J connectivity index is 1.73. The van der Waals surface area contributed by atoms with Crippen LogP contribution in [0.5, 0.6) is 17.2 Å². The molecule has 0 N–H and O–H groups in total. The maximum absolute atomic E-state index is 11.9. The topological polar surface area (TPSA) is 66.5 Å². The second kappa shape index (κ2) is 12.8. The fourth-order valence-electron chi connectivity index (χ4n) is 5.24. The van der Waals surface area contributed by atoms with Gasteiger partial charge in [-0.25, -0.2) is 0 Å². The molecule has 1 aliphatic rings. The Bertz CT molecular complexity index is 1040. The molecule has 3 aromatic carbocycles. The molecule has 0 spiro atoms. The standard InChI is InChI=1S/C31H37NO6/c1-34-27-13-7-23(8-14-27)31(24-9-15-28(35-2)16-10-24,25-11-17-29(36-3)18-12-25)38-21-20-32-19-5-6-26(32)22-30(33)37-4/h7-18,26H,5-6,19-22H2,1-4H3/t26-/m1/s1. The zero-order chi connectivity index (χ0) is 27.0. The number of nitrogens with zero attached hydrogens (tertiary/aromatic N) is 1. The molecule has 38 heavy (non-hydrogen) atoms. The molecule has 0 unspecified atom stereocenters. The molecule has 0 aliphatic carbocycles. The van der Waals surface area contributed by atoms with E-state index in [1.54, 1.807) is 21.3 Å². The normalized spacial score (nSPS) is 15.7. The Morgan fingerprint density at radius 3 is 1.61 bits per heavy atom. The summed E-state index contributed by atoms with van der Waals surface area (Å²) in [5.74, 6) is 2.14. The first-order valence-corrected chi connectivity index (χ1v) is 12.9. The predicted octanol–water partition coefficient (Wildman–Crippen LogP) is 5.05. The predicted molar refractivity (Wildman–Crippen MR) is 146 cm³/mol. The van der Waals surface area contributed by atoms with E-state index in [4.69, 9.17) is 23.7 Å². The smallest absolute Gasteiger partial charge is 0.307 e. The summed E-state index contributed by atoms with van der Waals surface area (Å²) in [5, 5.41) is 0. The van der Waals surface area contributed by atoms with Gasteiger partial charge in [-0.1, -0.05) is 36.4 Å². The first-order chi connectivity index (χ1) is 18.5. The van der Waals surface area contributed by atoms with Gasteiger partial charge in [0.2, 0.25) is 0 Å². The van der Waals surface area contributed by atoms with E-state index in [1.165, 1.54) is 7.11 Å². The molecule has 0 saturated carbocycles. The highest BCUT2D eigenvalue weighted by molar-refractivity contribution is 5.70. The number of carbonyl (C=O) groups is 1. The van der Waals surface area contributed by atoms with Crippen LogP contribution in [0.3, 0.4) is 0 Å². The van der Waals surface area contributed by atoms with Crippen molar-refractivity contribution < 1.29 is 28.5 Å². The summed E-state index contributed by atoms with van der Waals surface area (Å²) >= 11 is 0. The van der Waals surface area contributed by atoms with Crippen LogP contribution in [0.1, 0.15) is 36.0 Å². The third kappa shape index (κ3) is 5.95. The summed E-state index contributed by atoms with van der Waals surface area (Å²) in [5.41, 5.74) is 2.02. The lowest BCUT2D eigenvalue weighted by Crippen LogP contribution is -2.38. The summed E-state index contributed by atoms with van der Waals surface area (Å²) < 4.78 is 28.2. The highest BCUT2D eigenvalue weighted by Crippen LogP contribution is 2.42. The van der Waals surface area contributed by atoms with Crippen LogP contribution in [-0.2, 0) is 19.9 Å². The molecular weight excluding hydrogens is 482 g/mol. The number of carbonyl (C=O) groups excluding carboxylic acids is 1. The molecule has 4 rings (SSSR count). The Morgan fingerprint density at radius 2 is 1.21 bits per heavy atom. The van der Waals surface area contributed by atoms with Crippen molar-refractivity contribution in [3.63, 3.8) is 0 Å². The highest BCUT2D eigenvalue weighted by atomic mass is 16.5. The third-order valence-electron chi connectivity index (χ3n) is 7.32. The Morgan fingerprint density at radius 1 is 0.763 bits per heavy atom. The average molecular weight is 520 g/mol. The van der Waals surface area contributed by atoms with Gasteiger partial charge in [0.05, 0.1) is 41.5 Å². The fraction of sp³-hybridized carbons (Fsp3) is 0.387. The van der Waals surface area contributed by atoms with E-state index in [1.807, 2.05) is 72.8 Å².